The molecule has 1 aromatic carbocycles. The van der Waals surface area contributed by atoms with Crippen molar-refractivity contribution in [2.45, 2.75) is 45.2 Å². The Hall–Kier alpha value is -3.07. The third kappa shape index (κ3) is 4.61. The molecule has 2 unspecified atom stereocenters. The maximum absolute atomic E-state index is 12.9. The molecule has 1 aliphatic carbocycles. The van der Waals surface area contributed by atoms with Gasteiger partial charge in [-0.25, -0.2) is 9.86 Å². The summed E-state index contributed by atoms with van der Waals surface area (Å²) in [7, 11) is 3.00. The highest BCUT2D eigenvalue weighted by Gasteiger charge is 2.50. The lowest BCUT2D eigenvalue weighted by Gasteiger charge is -2.42. The quantitative estimate of drug-likeness (QED) is 0.642. The normalized spacial score (nSPS) is 22.5. The van der Waals surface area contributed by atoms with Crippen molar-refractivity contribution in [1.82, 2.24) is 20.2 Å². The Bertz CT molecular complexity index is 1010. The van der Waals surface area contributed by atoms with Crippen LogP contribution in [-0.4, -0.2) is 78.1 Å². The molecule has 1 aromatic rings. The molecule has 0 radical (unpaired) electrons. The number of hydroxylamine groups is 2. The number of rotatable bonds is 5. The van der Waals surface area contributed by atoms with Gasteiger partial charge in [-0.05, 0) is 62.8 Å². The van der Waals surface area contributed by atoms with Gasteiger partial charge in [-0.2, -0.15) is 0 Å². The van der Waals surface area contributed by atoms with Crippen molar-refractivity contribution in [3.8, 4) is 0 Å². The van der Waals surface area contributed by atoms with Crippen LogP contribution in [0.1, 0.15) is 49.5 Å². The molecule has 3 aliphatic rings. The van der Waals surface area contributed by atoms with Crippen molar-refractivity contribution < 1.29 is 19.2 Å². The Morgan fingerprint density at radius 2 is 1.76 bits per heavy atom. The molecular formula is C25H35N5O4. The fraction of sp³-hybridized carbons (Fsp3) is 0.560. The SMILES string of the molecule is CON(C)C(=O)c1ccc(C2=C(C3CC3)N3CCN(C(=O)NC(C)(C)C)CC3C2C(N)=O)cc1. The molecule has 0 spiro atoms. The molecule has 0 bridgehead atoms. The second-order valence-corrected chi connectivity index (χ2v) is 10.4. The van der Waals surface area contributed by atoms with E-state index in [4.69, 9.17) is 10.6 Å². The molecule has 34 heavy (non-hydrogen) atoms. The van der Waals surface area contributed by atoms with E-state index in [0.717, 1.165) is 24.0 Å². The number of primary amides is 1. The first-order valence-corrected chi connectivity index (χ1v) is 11.8. The van der Waals surface area contributed by atoms with Crippen LogP contribution in [0.15, 0.2) is 30.0 Å². The smallest absolute Gasteiger partial charge is 0.317 e. The van der Waals surface area contributed by atoms with E-state index in [-0.39, 0.29) is 23.5 Å². The number of fused-ring (bicyclic) bond motifs is 1. The van der Waals surface area contributed by atoms with E-state index < -0.39 is 11.8 Å². The number of carbonyl (C=O) groups is 3. The standard InChI is InChI=1S/C25H35N5O4/c1-25(2,3)27-24(33)29-12-13-30-18(14-29)20(22(26)31)19(21(30)16-8-9-16)15-6-10-17(11-7-15)23(32)28(4)34-5/h6-7,10-11,16,18,20H,8-9,12-14H2,1-5H3,(H2,26,31)(H,27,33). The maximum atomic E-state index is 12.9. The van der Waals surface area contributed by atoms with Gasteiger partial charge in [-0.1, -0.05) is 12.1 Å². The van der Waals surface area contributed by atoms with Crippen LogP contribution < -0.4 is 11.1 Å². The zero-order chi connectivity index (χ0) is 24.8. The van der Waals surface area contributed by atoms with Gasteiger partial charge in [0.1, 0.15) is 0 Å². The lowest BCUT2D eigenvalue weighted by atomic mass is 9.87. The monoisotopic (exact) mass is 469 g/mol. The summed E-state index contributed by atoms with van der Waals surface area (Å²) in [6.07, 6.45) is 2.16. The number of hydrogen-bond donors (Lipinski definition) is 2. The fourth-order valence-corrected chi connectivity index (χ4v) is 5.01. The average molecular weight is 470 g/mol. The Morgan fingerprint density at radius 1 is 1.12 bits per heavy atom. The predicted molar refractivity (Wildman–Crippen MR) is 128 cm³/mol. The van der Waals surface area contributed by atoms with Crippen LogP contribution in [0.3, 0.4) is 0 Å². The maximum Gasteiger partial charge on any atom is 0.317 e. The largest absolute Gasteiger partial charge is 0.369 e. The zero-order valence-electron chi connectivity index (χ0n) is 20.6. The molecule has 3 N–H and O–H groups in total. The minimum absolute atomic E-state index is 0.123. The number of carbonyl (C=O) groups excluding carboxylic acids is 3. The molecule has 1 saturated heterocycles. The third-order valence-corrected chi connectivity index (χ3v) is 6.74. The third-order valence-electron chi connectivity index (χ3n) is 6.74. The van der Waals surface area contributed by atoms with Gasteiger partial charge in [0.15, 0.2) is 0 Å². The zero-order valence-corrected chi connectivity index (χ0v) is 20.6. The molecule has 1 saturated carbocycles. The van der Waals surface area contributed by atoms with Crippen LogP contribution in [-0.2, 0) is 9.63 Å². The van der Waals surface area contributed by atoms with Gasteiger partial charge in [0.2, 0.25) is 5.91 Å². The van der Waals surface area contributed by atoms with E-state index >= 15 is 0 Å². The Balaban J connectivity index is 1.65. The highest BCUT2D eigenvalue weighted by atomic mass is 16.7. The molecule has 2 heterocycles. The van der Waals surface area contributed by atoms with Crippen LogP contribution in [0.5, 0.6) is 0 Å². The summed E-state index contributed by atoms with van der Waals surface area (Å²) in [5, 5.41) is 4.20. The fourth-order valence-electron chi connectivity index (χ4n) is 5.01. The second-order valence-electron chi connectivity index (χ2n) is 10.4. The predicted octanol–water partition coefficient (Wildman–Crippen LogP) is 2.05. The van der Waals surface area contributed by atoms with Gasteiger partial charge in [0, 0.05) is 43.5 Å². The first kappa shape index (κ1) is 24.1. The van der Waals surface area contributed by atoms with Crippen LogP contribution in [0.25, 0.3) is 5.57 Å². The van der Waals surface area contributed by atoms with E-state index in [0.29, 0.717) is 31.1 Å². The molecule has 184 valence electrons. The van der Waals surface area contributed by atoms with Gasteiger partial charge in [-0.3, -0.25) is 14.4 Å². The summed E-state index contributed by atoms with van der Waals surface area (Å²) in [5.41, 5.74) is 9.15. The van der Waals surface area contributed by atoms with Crippen LogP contribution >= 0.6 is 0 Å². The van der Waals surface area contributed by atoms with Gasteiger partial charge in [-0.15, -0.1) is 0 Å². The van der Waals surface area contributed by atoms with Crippen molar-refractivity contribution >= 4 is 23.4 Å². The second kappa shape index (κ2) is 8.94. The first-order chi connectivity index (χ1) is 16.0. The summed E-state index contributed by atoms with van der Waals surface area (Å²) in [6.45, 7) is 7.54. The van der Waals surface area contributed by atoms with E-state index in [2.05, 4.69) is 10.2 Å². The van der Waals surface area contributed by atoms with Gasteiger partial charge < -0.3 is 20.9 Å². The Morgan fingerprint density at radius 3 is 2.29 bits per heavy atom. The Kier molecular flexibility index (Phi) is 6.33. The molecular weight excluding hydrogens is 434 g/mol. The number of allylic oxidation sites excluding steroid dienone is 1. The number of nitrogens with two attached hydrogens (primary N) is 1. The molecule has 0 aromatic heterocycles. The summed E-state index contributed by atoms with van der Waals surface area (Å²) in [6, 6.07) is 6.96. The highest BCUT2D eigenvalue weighted by Crippen LogP contribution is 2.51. The average Bonchev–Trinajstić information content (AvgIpc) is 3.56. The van der Waals surface area contributed by atoms with E-state index in [1.54, 1.807) is 24.1 Å². The minimum atomic E-state index is -0.524. The van der Waals surface area contributed by atoms with Gasteiger partial charge in [0.25, 0.3) is 5.91 Å². The molecule has 9 nitrogen and oxygen atoms in total. The Labute approximate surface area is 200 Å². The van der Waals surface area contributed by atoms with Crippen LogP contribution in [0.4, 0.5) is 4.79 Å². The molecule has 4 rings (SSSR count). The van der Waals surface area contributed by atoms with E-state index in [1.807, 2.05) is 32.9 Å². The van der Waals surface area contributed by atoms with E-state index in [1.165, 1.54) is 17.9 Å². The van der Waals surface area contributed by atoms with Crippen molar-refractivity contribution in [2.75, 3.05) is 33.8 Å². The van der Waals surface area contributed by atoms with Crippen molar-refractivity contribution in [2.24, 2.45) is 17.6 Å². The van der Waals surface area contributed by atoms with Crippen molar-refractivity contribution in [3.63, 3.8) is 0 Å². The molecule has 4 amide bonds. The van der Waals surface area contributed by atoms with Gasteiger partial charge >= 0.3 is 6.03 Å². The number of piperazine rings is 1. The van der Waals surface area contributed by atoms with Crippen molar-refractivity contribution in [1.29, 1.82) is 0 Å². The summed E-state index contributed by atoms with van der Waals surface area (Å²) >= 11 is 0. The van der Waals surface area contributed by atoms with Crippen LogP contribution in [0.2, 0.25) is 0 Å². The summed E-state index contributed by atoms with van der Waals surface area (Å²) in [5.74, 6) is -0.763. The number of nitrogens with one attached hydrogen (secondary N) is 1. The molecule has 2 fully saturated rings. The number of hydrogen-bond acceptors (Lipinski definition) is 5. The highest BCUT2D eigenvalue weighted by molar-refractivity contribution is 5.96. The number of nitrogens with zero attached hydrogens (tertiary/aromatic N) is 3. The minimum Gasteiger partial charge on any atom is -0.369 e. The number of urea groups is 1. The lowest BCUT2D eigenvalue weighted by Crippen LogP contribution is -2.59. The molecule has 2 atom stereocenters. The summed E-state index contributed by atoms with van der Waals surface area (Å²) < 4.78 is 0. The molecule has 9 heteroatoms. The lowest BCUT2D eigenvalue weighted by molar-refractivity contribution is -0.121. The number of benzene rings is 1. The van der Waals surface area contributed by atoms with Gasteiger partial charge in [0.05, 0.1) is 19.1 Å². The number of amides is 4. The molecule has 2 aliphatic heterocycles. The topological polar surface area (TPSA) is 108 Å². The van der Waals surface area contributed by atoms with E-state index in [9.17, 15) is 14.4 Å². The summed E-state index contributed by atoms with van der Waals surface area (Å²) in [4.78, 5) is 47.2. The first-order valence-electron chi connectivity index (χ1n) is 11.8. The van der Waals surface area contributed by atoms with Crippen LogP contribution in [0, 0.1) is 11.8 Å². The van der Waals surface area contributed by atoms with Crippen molar-refractivity contribution in [3.05, 3.63) is 41.1 Å².